The Morgan fingerprint density at radius 2 is 1.73 bits per heavy atom. The van der Waals surface area contributed by atoms with Gasteiger partial charge in [-0.2, -0.15) is 17.6 Å². The van der Waals surface area contributed by atoms with Crippen molar-refractivity contribution in [3.05, 3.63) is 86.1 Å². The third kappa shape index (κ3) is 9.17. The highest BCUT2D eigenvalue weighted by Crippen LogP contribution is 2.33. The van der Waals surface area contributed by atoms with Gasteiger partial charge in [0, 0.05) is 18.8 Å². The van der Waals surface area contributed by atoms with Crippen molar-refractivity contribution in [2.45, 2.75) is 72.3 Å². The molecule has 1 aliphatic rings. The Balaban J connectivity index is 2.11. The number of halogens is 4. The van der Waals surface area contributed by atoms with E-state index in [1.54, 1.807) is 34.0 Å². The van der Waals surface area contributed by atoms with Crippen LogP contribution in [0.25, 0.3) is 5.57 Å². The van der Waals surface area contributed by atoms with Crippen molar-refractivity contribution in [2.75, 3.05) is 14.1 Å². The highest BCUT2D eigenvalue weighted by Gasteiger charge is 2.36. The summed E-state index contributed by atoms with van der Waals surface area (Å²) in [5.41, 5.74) is 1.66. The van der Waals surface area contributed by atoms with Gasteiger partial charge in [0.05, 0.1) is 23.9 Å². The monoisotopic (exact) mass is 629 g/mol. The third-order valence-corrected chi connectivity index (χ3v) is 7.41. The zero-order chi connectivity index (χ0) is 33.8. The molecule has 1 aromatic heterocycles. The minimum atomic E-state index is -4.79. The molecule has 11 heteroatoms. The summed E-state index contributed by atoms with van der Waals surface area (Å²) in [6, 6.07) is 1.96. The van der Waals surface area contributed by atoms with Gasteiger partial charge in [-0.15, -0.1) is 0 Å². The smallest absolute Gasteiger partial charge is 0.416 e. The van der Waals surface area contributed by atoms with Crippen molar-refractivity contribution in [3.63, 3.8) is 0 Å². The van der Waals surface area contributed by atoms with Crippen LogP contribution in [0.3, 0.4) is 0 Å². The van der Waals surface area contributed by atoms with Crippen LogP contribution in [-0.2, 0) is 22.3 Å². The molecular weight excluding hydrogens is 590 g/mol. The average molecular weight is 630 g/mol. The van der Waals surface area contributed by atoms with Crippen molar-refractivity contribution < 1.29 is 32.3 Å². The molecule has 1 aliphatic carbocycles. The summed E-state index contributed by atoms with van der Waals surface area (Å²) >= 11 is 0. The Kier molecular flexibility index (Phi) is 11.2. The van der Waals surface area contributed by atoms with Gasteiger partial charge < -0.3 is 19.9 Å². The Morgan fingerprint density at radius 3 is 2.27 bits per heavy atom. The average Bonchev–Trinajstić information content (AvgIpc) is 3.07. The maximum absolute atomic E-state index is 14.8. The molecule has 0 fully saturated rings. The van der Waals surface area contributed by atoms with E-state index in [0.29, 0.717) is 11.6 Å². The van der Waals surface area contributed by atoms with Crippen LogP contribution in [0.4, 0.5) is 17.6 Å². The van der Waals surface area contributed by atoms with E-state index in [4.69, 9.17) is 0 Å². The first-order valence-corrected chi connectivity index (χ1v) is 14.5. The van der Waals surface area contributed by atoms with Gasteiger partial charge in [-0.1, -0.05) is 43.5 Å². The molecule has 3 rings (SSSR count). The number of alkyl halides is 3. The zero-order valence-electron chi connectivity index (χ0n) is 26.5. The van der Waals surface area contributed by atoms with Gasteiger partial charge in [-0.05, 0) is 87.0 Å². The van der Waals surface area contributed by atoms with Crippen LogP contribution in [-0.4, -0.2) is 46.6 Å². The number of aliphatic carboxylic acids is 1. The molecule has 0 saturated heterocycles. The molecule has 2 N–H and O–H groups in total. The molecular formula is C34H39F4N3O4. The fraction of sp³-hybridized carbons (Fsp3) is 0.441. The van der Waals surface area contributed by atoms with Crippen LogP contribution < -0.4 is 10.9 Å². The Hall–Kier alpha value is -4.17. The highest BCUT2D eigenvalue weighted by molar-refractivity contribution is 5.83. The number of hydrogen-bond acceptors (Lipinski definition) is 4. The molecule has 1 amide bonds. The number of carboxylic acid groups (broad SMARTS) is 1. The van der Waals surface area contributed by atoms with Crippen molar-refractivity contribution >= 4 is 17.4 Å². The lowest BCUT2D eigenvalue weighted by atomic mass is 9.89. The SMILES string of the molecule is Cc1cc(C)c(C2=CC([C@H](CC(=O)O)NC(=O)C(CC(C)C)n3cc(CN(C)C)c(C(F)(F)F)cc3=O)C#CC(F)=C2)c(C)c1. The van der Waals surface area contributed by atoms with E-state index >= 15 is 0 Å². The Bertz CT molecular complexity index is 1620. The van der Waals surface area contributed by atoms with Crippen LogP contribution in [0.2, 0.25) is 0 Å². The number of benzene rings is 1. The maximum Gasteiger partial charge on any atom is 0.416 e. The van der Waals surface area contributed by atoms with Gasteiger partial charge in [0.2, 0.25) is 5.91 Å². The number of carboxylic acids is 1. The number of rotatable bonds is 11. The molecule has 2 aromatic rings. The van der Waals surface area contributed by atoms with E-state index in [1.165, 1.54) is 11.0 Å². The van der Waals surface area contributed by atoms with Gasteiger partial charge in [-0.3, -0.25) is 14.4 Å². The summed E-state index contributed by atoms with van der Waals surface area (Å²) in [4.78, 5) is 40.4. The van der Waals surface area contributed by atoms with Crippen molar-refractivity contribution in [1.82, 2.24) is 14.8 Å². The van der Waals surface area contributed by atoms with Gasteiger partial charge in [0.1, 0.15) is 6.04 Å². The summed E-state index contributed by atoms with van der Waals surface area (Å²) < 4.78 is 57.2. The lowest BCUT2D eigenvalue weighted by molar-refractivity contribution is -0.139. The molecule has 45 heavy (non-hydrogen) atoms. The fourth-order valence-electron chi connectivity index (χ4n) is 5.71. The summed E-state index contributed by atoms with van der Waals surface area (Å²) in [6.07, 6.45) is -1.35. The lowest BCUT2D eigenvalue weighted by Crippen LogP contribution is -2.46. The molecule has 3 atom stereocenters. The molecule has 0 aliphatic heterocycles. The predicted molar refractivity (Wildman–Crippen MR) is 165 cm³/mol. The lowest BCUT2D eigenvalue weighted by Gasteiger charge is -2.28. The number of carbonyl (C=O) groups is 2. The van der Waals surface area contributed by atoms with E-state index in [1.807, 2.05) is 32.9 Å². The van der Waals surface area contributed by atoms with E-state index in [-0.39, 0.29) is 24.4 Å². The van der Waals surface area contributed by atoms with Gasteiger partial charge >= 0.3 is 12.1 Å². The third-order valence-electron chi connectivity index (χ3n) is 7.41. The van der Waals surface area contributed by atoms with Crippen LogP contribution >= 0.6 is 0 Å². The number of aromatic nitrogens is 1. The first kappa shape index (κ1) is 35.3. The second-order valence-corrected chi connectivity index (χ2v) is 12.2. The van der Waals surface area contributed by atoms with Crippen molar-refractivity contribution in [3.8, 4) is 11.8 Å². The van der Waals surface area contributed by atoms with Gasteiger partial charge in [0.15, 0.2) is 5.83 Å². The molecule has 2 unspecified atom stereocenters. The summed E-state index contributed by atoms with van der Waals surface area (Å²) in [6.45, 7) is 9.12. The summed E-state index contributed by atoms with van der Waals surface area (Å²) in [5.74, 6) is 1.28. The van der Waals surface area contributed by atoms with Gasteiger partial charge in [0.25, 0.3) is 5.56 Å². The fourth-order valence-corrected chi connectivity index (χ4v) is 5.71. The highest BCUT2D eigenvalue weighted by atomic mass is 19.4. The predicted octanol–water partition coefficient (Wildman–Crippen LogP) is 5.97. The molecule has 0 saturated carbocycles. The number of nitrogens with zero attached hydrogens (tertiary/aromatic N) is 2. The topological polar surface area (TPSA) is 91.6 Å². The van der Waals surface area contributed by atoms with Crippen molar-refractivity contribution in [1.29, 1.82) is 0 Å². The van der Waals surface area contributed by atoms with Crippen molar-refractivity contribution in [2.24, 2.45) is 11.8 Å². The number of hydrogen-bond donors (Lipinski definition) is 2. The standard InChI is InChI=1S/C34H39F4N3O4/c1-19(2)10-29(41-18-25(17-40(6)7)27(15-30(41)42)34(36,37)38)33(45)39-28(16-31(43)44)23-8-9-26(35)14-24(13-23)32-21(4)11-20(3)12-22(32)5/h11-15,18-19,23,28-29H,10,16-17H2,1-7H3,(H,39,45)(H,43,44)/t23?,28-,29?/m0/s1. The maximum atomic E-state index is 14.8. The first-order valence-electron chi connectivity index (χ1n) is 14.5. The van der Waals surface area contributed by atoms with E-state index in [0.717, 1.165) is 33.0 Å². The molecule has 0 bridgehead atoms. The van der Waals surface area contributed by atoms with Crippen LogP contribution in [0.15, 0.2) is 47.2 Å². The quantitative estimate of drug-likeness (QED) is 0.236. The number of pyridine rings is 1. The van der Waals surface area contributed by atoms with Crippen LogP contribution in [0, 0.1) is 44.4 Å². The Morgan fingerprint density at radius 1 is 1.11 bits per heavy atom. The molecule has 1 aromatic carbocycles. The summed E-state index contributed by atoms with van der Waals surface area (Å²) in [5, 5.41) is 12.5. The largest absolute Gasteiger partial charge is 0.481 e. The summed E-state index contributed by atoms with van der Waals surface area (Å²) in [7, 11) is 3.16. The second-order valence-electron chi connectivity index (χ2n) is 12.2. The Labute approximate surface area is 260 Å². The molecule has 242 valence electrons. The minimum absolute atomic E-state index is 0.0771. The van der Waals surface area contributed by atoms with Crippen LogP contribution in [0.5, 0.6) is 0 Å². The molecule has 1 heterocycles. The number of nitrogens with one attached hydrogen (secondary N) is 1. The van der Waals surface area contributed by atoms with E-state index in [2.05, 4.69) is 17.2 Å². The normalized spacial score (nSPS) is 16.3. The minimum Gasteiger partial charge on any atom is -0.481 e. The van der Waals surface area contributed by atoms with E-state index in [9.17, 15) is 37.1 Å². The molecule has 7 nitrogen and oxygen atoms in total. The number of allylic oxidation sites excluding steroid dienone is 3. The first-order chi connectivity index (χ1) is 20.9. The number of amides is 1. The number of aryl methyl sites for hydroxylation is 3. The molecule has 0 radical (unpaired) electrons. The second kappa shape index (κ2) is 14.3. The molecule has 0 spiro atoms. The van der Waals surface area contributed by atoms with E-state index < -0.39 is 59.4 Å². The van der Waals surface area contributed by atoms with Crippen LogP contribution in [0.1, 0.15) is 66.1 Å². The number of carbonyl (C=O) groups excluding carboxylic acids is 1. The zero-order valence-corrected chi connectivity index (χ0v) is 26.5. The van der Waals surface area contributed by atoms with Gasteiger partial charge in [-0.25, -0.2) is 0 Å².